The monoisotopic (exact) mass is 456 g/mol. The van der Waals surface area contributed by atoms with Crippen LogP contribution in [0.5, 0.6) is 0 Å². The van der Waals surface area contributed by atoms with Gasteiger partial charge < -0.3 is 5.32 Å². The highest BCUT2D eigenvalue weighted by molar-refractivity contribution is 14.1. The molecule has 0 bridgehead atoms. The van der Waals surface area contributed by atoms with Crippen LogP contribution in [-0.2, 0) is 16.4 Å². The Morgan fingerprint density at radius 3 is 2.71 bits per heavy atom. The number of hydrogen-bond acceptors (Lipinski definition) is 4. The van der Waals surface area contributed by atoms with E-state index in [1.165, 1.54) is 11.3 Å². The average Bonchev–Trinajstić information content (AvgIpc) is 2.89. The van der Waals surface area contributed by atoms with Crippen molar-refractivity contribution in [1.29, 1.82) is 0 Å². The zero-order valence-corrected chi connectivity index (χ0v) is 15.7. The number of benzene rings is 1. The molecule has 0 aliphatic heterocycles. The molecule has 1 heterocycles. The molecule has 21 heavy (non-hydrogen) atoms. The molecule has 1 aromatic heterocycles. The molecule has 0 spiro atoms. The molecule has 2 N–H and O–H groups in total. The normalized spacial score (nSPS) is 11.6. The van der Waals surface area contributed by atoms with Crippen molar-refractivity contribution in [2.24, 2.45) is 0 Å². The van der Waals surface area contributed by atoms with E-state index in [0.717, 1.165) is 21.4 Å². The second kappa shape index (κ2) is 7.28. The van der Waals surface area contributed by atoms with E-state index in [-0.39, 0.29) is 0 Å². The van der Waals surface area contributed by atoms with E-state index in [2.05, 4.69) is 32.6 Å². The molecule has 4 nitrogen and oxygen atoms in total. The highest BCUT2D eigenvalue weighted by atomic mass is 127. The van der Waals surface area contributed by atoms with E-state index in [4.69, 9.17) is 11.6 Å². The summed E-state index contributed by atoms with van der Waals surface area (Å²) in [5.74, 6) is 0. The van der Waals surface area contributed by atoms with Gasteiger partial charge in [-0.1, -0.05) is 11.6 Å². The van der Waals surface area contributed by atoms with Crippen LogP contribution in [0.3, 0.4) is 0 Å². The SMILES string of the molecule is CNCCc1ccc(S(=O)(=O)Nc2ccc(Cl)cc2I)s1. The first kappa shape index (κ1) is 17.0. The third kappa shape index (κ3) is 4.56. The number of anilines is 1. The zero-order chi connectivity index (χ0) is 15.5. The zero-order valence-electron chi connectivity index (χ0n) is 11.2. The lowest BCUT2D eigenvalue weighted by Crippen LogP contribution is -2.12. The fraction of sp³-hybridized carbons (Fsp3) is 0.231. The van der Waals surface area contributed by atoms with E-state index >= 15 is 0 Å². The number of thiophene rings is 1. The first-order chi connectivity index (χ1) is 9.92. The molecular weight excluding hydrogens is 443 g/mol. The Hall–Kier alpha value is -0.350. The molecule has 0 saturated heterocycles. The van der Waals surface area contributed by atoms with Crippen LogP contribution in [-0.4, -0.2) is 22.0 Å². The fourth-order valence-electron chi connectivity index (χ4n) is 1.65. The second-order valence-electron chi connectivity index (χ2n) is 4.30. The van der Waals surface area contributed by atoms with Crippen molar-refractivity contribution < 1.29 is 8.42 Å². The predicted octanol–water partition coefficient (Wildman–Crippen LogP) is 3.57. The highest BCUT2D eigenvalue weighted by Crippen LogP contribution is 2.27. The average molecular weight is 457 g/mol. The first-order valence-corrected chi connectivity index (χ1v) is 9.89. The number of halogens is 2. The summed E-state index contributed by atoms with van der Waals surface area (Å²) in [7, 11) is -1.68. The summed E-state index contributed by atoms with van der Waals surface area (Å²) < 4.78 is 28.4. The molecular formula is C13H14ClIN2O2S2. The van der Waals surface area contributed by atoms with E-state index < -0.39 is 10.0 Å². The molecule has 114 valence electrons. The minimum Gasteiger partial charge on any atom is -0.319 e. The Bertz CT molecular complexity index is 732. The van der Waals surface area contributed by atoms with Crippen LogP contribution in [0.4, 0.5) is 5.69 Å². The Kier molecular flexibility index (Phi) is 5.89. The number of likely N-dealkylation sites (N-methyl/N-ethyl adjacent to an activating group) is 1. The molecule has 0 atom stereocenters. The Morgan fingerprint density at radius 2 is 2.05 bits per heavy atom. The number of sulfonamides is 1. The van der Waals surface area contributed by atoms with Crippen molar-refractivity contribution in [3.05, 3.63) is 43.8 Å². The topological polar surface area (TPSA) is 58.2 Å². The van der Waals surface area contributed by atoms with Gasteiger partial charge in [-0.25, -0.2) is 8.42 Å². The van der Waals surface area contributed by atoms with Crippen molar-refractivity contribution in [3.8, 4) is 0 Å². The van der Waals surface area contributed by atoms with Crippen molar-refractivity contribution in [2.45, 2.75) is 10.6 Å². The van der Waals surface area contributed by atoms with Gasteiger partial charge in [0.05, 0.1) is 5.69 Å². The molecule has 0 aliphatic carbocycles. The van der Waals surface area contributed by atoms with Crippen molar-refractivity contribution in [1.82, 2.24) is 5.32 Å². The van der Waals surface area contributed by atoms with Gasteiger partial charge in [-0.15, -0.1) is 11.3 Å². The van der Waals surface area contributed by atoms with Crippen LogP contribution in [0, 0.1) is 3.57 Å². The molecule has 0 unspecified atom stereocenters. The van der Waals surface area contributed by atoms with Gasteiger partial charge >= 0.3 is 0 Å². The van der Waals surface area contributed by atoms with Crippen LogP contribution in [0.1, 0.15) is 4.88 Å². The molecule has 0 radical (unpaired) electrons. The molecule has 1 aromatic carbocycles. The highest BCUT2D eigenvalue weighted by Gasteiger charge is 2.18. The Morgan fingerprint density at radius 1 is 1.29 bits per heavy atom. The van der Waals surface area contributed by atoms with E-state index in [9.17, 15) is 8.42 Å². The van der Waals surface area contributed by atoms with Gasteiger partial charge in [-0.3, -0.25) is 4.72 Å². The molecule has 0 fully saturated rings. The molecule has 2 aromatic rings. The van der Waals surface area contributed by atoms with Crippen molar-refractivity contribution in [2.75, 3.05) is 18.3 Å². The van der Waals surface area contributed by atoms with Crippen LogP contribution >= 0.6 is 45.5 Å². The second-order valence-corrected chi connectivity index (χ2v) is 8.98. The molecule has 0 saturated carbocycles. The van der Waals surface area contributed by atoms with E-state index in [1.807, 2.05) is 13.1 Å². The van der Waals surface area contributed by atoms with Crippen molar-refractivity contribution >= 4 is 61.2 Å². The maximum absolute atomic E-state index is 12.4. The standard InChI is InChI=1S/C13H14ClIN2O2S2/c1-16-7-6-10-3-5-13(20-10)21(18,19)17-12-4-2-9(14)8-11(12)15/h2-5,8,16-17H,6-7H2,1H3. The van der Waals surface area contributed by atoms with Gasteiger partial charge in [-0.2, -0.15) is 0 Å². The fourth-order valence-corrected chi connectivity index (χ4v) is 5.28. The molecule has 0 aliphatic rings. The number of nitrogens with one attached hydrogen (secondary N) is 2. The minimum absolute atomic E-state index is 0.319. The Labute approximate surface area is 147 Å². The lowest BCUT2D eigenvalue weighted by Gasteiger charge is -2.08. The predicted molar refractivity (Wildman–Crippen MR) is 96.9 cm³/mol. The van der Waals surface area contributed by atoms with E-state index in [0.29, 0.717) is 14.9 Å². The van der Waals surface area contributed by atoms with Crippen LogP contribution in [0.2, 0.25) is 5.02 Å². The number of hydrogen-bond donors (Lipinski definition) is 2. The van der Waals surface area contributed by atoms with Crippen molar-refractivity contribution in [3.63, 3.8) is 0 Å². The smallest absolute Gasteiger partial charge is 0.271 e. The van der Waals surface area contributed by atoms with Crippen LogP contribution in [0.25, 0.3) is 0 Å². The van der Waals surface area contributed by atoms with E-state index in [1.54, 1.807) is 24.3 Å². The summed E-state index contributed by atoms with van der Waals surface area (Å²) >= 11 is 9.21. The molecule has 2 rings (SSSR count). The van der Waals surface area contributed by atoms with Gasteiger partial charge in [0, 0.05) is 13.5 Å². The van der Waals surface area contributed by atoms with Gasteiger partial charge in [0.15, 0.2) is 0 Å². The first-order valence-electron chi connectivity index (χ1n) is 6.13. The summed E-state index contributed by atoms with van der Waals surface area (Å²) in [6.07, 6.45) is 0.815. The lowest BCUT2D eigenvalue weighted by atomic mass is 10.3. The lowest BCUT2D eigenvalue weighted by molar-refractivity contribution is 0.603. The summed E-state index contributed by atoms with van der Waals surface area (Å²) in [4.78, 5) is 1.04. The van der Waals surface area contributed by atoms with Crippen LogP contribution in [0.15, 0.2) is 34.5 Å². The van der Waals surface area contributed by atoms with Gasteiger partial charge in [0.25, 0.3) is 10.0 Å². The Balaban J connectivity index is 2.19. The summed E-state index contributed by atoms with van der Waals surface area (Å²) in [5.41, 5.74) is 0.533. The largest absolute Gasteiger partial charge is 0.319 e. The van der Waals surface area contributed by atoms with Crippen LogP contribution < -0.4 is 10.0 Å². The summed E-state index contributed by atoms with van der Waals surface area (Å²) in [6, 6.07) is 8.53. The maximum atomic E-state index is 12.4. The maximum Gasteiger partial charge on any atom is 0.271 e. The third-order valence-corrected chi connectivity index (χ3v) is 6.83. The van der Waals surface area contributed by atoms with Gasteiger partial charge in [0.2, 0.25) is 0 Å². The summed E-state index contributed by atoms with van der Waals surface area (Å²) in [6.45, 7) is 0.822. The van der Waals surface area contributed by atoms with Gasteiger partial charge in [-0.05, 0) is 72.9 Å². The minimum atomic E-state index is -3.55. The molecule has 0 amide bonds. The molecule has 8 heteroatoms. The quantitative estimate of drug-likeness (QED) is 0.654. The number of rotatable bonds is 6. The third-order valence-electron chi connectivity index (χ3n) is 2.70. The summed E-state index contributed by atoms with van der Waals surface area (Å²) in [5, 5.41) is 3.62. The van der Waals surface area contributed by atoms with Gasteiger partial charge in [0.1, 0.15) is 4.21 Å².